The van der Waals surface area contributed by atoms with Gasteiger partial charge in [0.1, 0.15) is 11.6 Å². The van der Waals surface area contributed by atoms with Gasteiger partial charge in [0.05, 0.1) is 7.11 Å². The van der Waals surface area contributed by atoms with E-state index in [0.717, 1.165) is 41.7 Å². The van der Waals surface area contributed by atoms with Gasteiger partial charge in [0.15, 0.2) is 0 Å². The Hall–Kier alpha value is -1.48. The number of benzene rings is 1. The summed E-state index contributed by atoms with van der Waals surface area (Å²) in [7, 11) is 1.68. The molecule has 1 aromatic carbocycles. The van der Waals surface area contributed by atoms with Crippen molar-refractivity contribution in [2.75, 3.05) is 24.9 Å². The number of alkyl halides is 1. The van der Waals surface area contributed by atoms with Crippen LogP contribution in [0.15, 0.2) is 30.5 Å². The maximum Gasteiger partial charge on any atom is 0.133 e. The fourth-order valence-corrected chi connectivity index (χ4v) is 2.90. The Labute approximate surface area is 131 Å². The summed E-state index contributed by atoms with van der Waals surface area (Å²) < 4.78 is 5.31. The largest absolute Gasteiger partial charge is 0.497 e. The molecule has 0 unspecified atom stereocenters. The van der Waals surface area contributed by atoms with Gasteiger partial charge in [-0.1, -0.05) is 19.9 Å². The maximum atomic E-state index is 6.18. The normalized spacial score (nSPS) is 11.6. The highest BCUT2D eigenvalue weighted by Crippen LogP contribution is 2.30. The Bertz CT molecular complexity index is 588. The van der Waals surface area contributed by atoms with Crippen LogP contribution in [0.5, 0.6) is 5.75 Å². The van der Waals surface area contributed by atoms with Gasteiger partial charge in [0.2, 0.25) is 0 Å². The van der Waals surface area contributed by atoms with Gasteiger partial charge >= 0.3 is 0 Å². The predicted molar refractivity (Wildman–Crippen MR) is 90.5 cm³/mol. The number of hydrogen-bond acceptors (Lipinski definition) is 3. The van der Waals surface area contributed by atoms with Crippen molar-refractivity contribution < 1.29 is 4.74 Å². The number of nitrogens with one attached hydrogen (secondary N) is 1. The molecule has 21 heavy (non-hydrogen) atoms. The van der Waals surface area contributed by atoms with E-state index in [-0.39, 0.29) is 5.41 Å². The van der Waals surface area contributed by atoms with Crippen LogP contribution in [0.4, 0.5) is 5.82 Å². The van der Waals surface area contributed by atoms with Crippen LogP contribution in [-0.4, -0.2) is 24.5 Å². The molecule has 0 aliphatic rings. The Balaban J connectivity index is 2.29. The Kier molecular flexibility index (Phi) is 5.29. The Morgan fingerprint density at radius 1 is 1.24 bits per heavy atom. The van der Waals surface area contributed by atoms with Crippen LogP contribution in [0.25, 0.3) is 10.8 Å². The van der Waals surface area contributed by atoms with Crippen LogP contribution in [0, 0.1) is 5.41 Å². The van der Waals surface area contributed by atoms with Crippen molar-refractivity contribution in [3.8, 4) is 5.75 Å². The first-order valence-electron chi connectivity index (χ1n) is 7.40. The molecule has 2 aromatic rings. The lowest BCUT2D eigenvalue weighted by atomic mass is 9.84. The Morgan fingerprint density at radius 3 is 2.62 bits per heavy atom. The molecule has 1 heterocycles. The fourth-order valence-electron chi connectivity index (χ4n) is 2.42. The lowest BCUT2D eigenvalue weighted by molar-refractivity contribution is 0.326. The molecule has 0 amide bonds. The number of hydrogen-bond donors (Lipinski definition) is 1. The third-order valence-electron chi connectivity index (χ3n) is 4.39. The van der Waals surface area contributed by atoms with Gasteiger partial charge in [0.25, 0.3) is 0 Å². The second-order valence-corrected chi connectivity index (χ2v) is 5.71. The summed E-state index contributed by atoms with van der Waals surface area (Å²) in [6.07, 6.45) is 3.93. The summed E-state index contributed by atoms with van der Waals surface area (Å²) in [4.78, 5) is 4.48. The second kappa shape index (κ2) is 6.99. The average Bonchev–Trinajstić information content (AvgIpc) is 2.56. The first kappa shape index (κ1) is 15.9. The summed E-state index contributed by atoms with van der Waals surface area (Å²) in [5, 5.41) is 5.71. The van der Waals surface area contributed by atoms with E-state index in [0.29, 0.717) is 5.88 Å². The number of fused-ring (bicyclic) bond motifs is 1. The highest BCUT2D eigenvalue weighted by atomic mass is 35.5. The van der Waals surface area contributed by atoms with Crippen LogP contribution in [0.2, 0.25) is 0 Å². The summed E-state index contributed by atoms with van der Waals surface area (Å²) in [6.45, 7) is 5.20. The molecule has 0 saturated heterocycles. The quantitative estimate of drug-likeness (QED) is 0.753. The van der Waals surface area contributed by atoms with Gasteiger partial charge in [-0.15, -0.1) is 11.6 Å². The summed E-state index contributed by atoms with van der Waals surface area (Å²) in [5.74, 6) is 2.39. The molecule has 2 rings (SSSR count). The SMILES string of the molecule is CCC(CC)(CCl)CNc1nccc2ccc(OC)cc12. The van der Waals surface area contributed by atoms with Gasteiger partial charge in [-0.3, -0.25) is 0 Å². The van der Waals surface area contributed by atoms with Crippen molar-refractivity contribution in [1.29, 1.82) is 0 Å². The van der Waals surface area contributed by atoms with Crippen LogP contribution in [-0.2, 0) is 0 Å². The van der Waals surface area contributed by atoms with Crippen molar-refractivity contribution in [3.05, 3.63) is 30.5 Å². The first-order valence-corrected chi connectivity index (χ1v) is 7.94. The zero-order valence-corrected chi connectivity index (χ0v) is 13.7. The molecule has 0 radical (unpaired) electrons. The zero-order chi connectivity index (χ0) is 15.3. The van der Waals surface area contributed by atoms with Crippen molar-refractivity contribution >= 4 is 28.2 Å². The van der Waals surface area contributed by atoms with Gasteiger partial charge in [-0.05, 0) is 36.4 Å². The van der Waals surface area contributed by atoms with E-state index in [9.17, 15) is 0 Å². The molecule has 3 nitrogen and oxygen atoms in total. The number of halogens is 1. The molecule has 0 aliphatic carbocycles. The second-order valence-electron chi connectivity index (χ2n) is 5.44. The number of nitrogens with zero attached hydrogens (tertiary/aromatic N) is 1. The van der Waals surface area contributed by atoms with E-state index in [1.807, 2.05) is 24.4 Å². The molecule has 0 atom stereocenters. The molecule has 0 bridgehead atoms. The monoisotopic (exact) mass is 306 g/mol. The van der Waals surface area contributed by atoms with Crippen LogP contribution in [0.1, 0.15) is 26.7 Å². The summed E-state index contributed by atoms with van der Waals surface area (Å²) in [5.41, 5.74) is 0.115. The number of anilines is 1. The number of rotatable bonds is 7. The minimum absolute atomic E-state index is 0.115. The van der Waals surface area contributed by atoms with E-state index in [1.54, 1.807) is 7.11 Å². The van der Waals surface area contributed by atoms with Crippen molar-refractivity contribution in [2.24, 2.45) is 5.41 Å². The van der Waals surface area contributed by atoms with Crippen molar-refractivity contribution in [3.63, 3.8) is 0 Å². The highest BCUT2D eigenvalue weighted by molar-refractivity contribution is 6.18. The lowest BCUT2D eigenvalue weighted by Crippen LogP contribution is -2.30. The zero-order valence-electron chi connectivity index (χ0n) is 12.9. The van der Waals surface area contributed by atoms with E-state index in [2.05, 4.69) is 30.2 Å². The highest BCUT2D eigenvalue weighted by Gasteiger charge is 2.25. The van der Waals surface area contributed by atoms with Gasteiger partial charge < -0.3 is 10.1 Å². The van der Waals surface area contributed by atoms with Gasteiger partial charge in [0, 0.05) is 29.4 Å². The summed E-state index contributed by atoms with van der Waals surface area (Å²) in [6, 6.07) is 8.04. The molecule has 114 valence electrons. The minimum atomic E-state index is 0.115. The number of ether oxygens (including phenoxy) is 1. The number of methoxy groups -OCH3 is 1. The smallest absolute Gasteiger partial charge is 0.133 e. The minimum Gasteiger partial charge on any atom is -0.497 e. The molecular formula is C17H23ClN2O. The van der Waals surface area contributed by atoms with Gasteiger partial charge in [-0.25, -0.2) is 4.98 Å². The molecule has 0 aliphatic heterocycles. The van der Waals surface area contributed by atoms with E-state index >= 15 is 0 Å². The van der Waals surface area contributed by atoms with E-state index in [4.69, 9.17) is 16.3 Å². The molecule has 0 saturated carbocycles. The Morgan fingerprint density at radius 2 is 2.00 bits per heavy atom. The summed E-state index contributed by atoms with van der Waals surface area (Å²) >= 11 is 6.18. The number of aromatic nitrogens is 1. The standard InChI is InChI=1S/C17H23ClN2O/c1-4-17(5-2,11-18)12-20-16-15-10-14(21-3)7-6-13(15)8-9-19-16/h6-10H,4-5,11-12H2,1-3H3,(H,19,20). The maximum absolute atomic E-state index is 6.18. The van der Waals surface area contributed by atoms with Crippen LogP contribution >= 0.6 is 11.6 Å². The molecule has 0 fully saturated rings. The fraction of sp³-hybridized carbons (Fsp3) is 0.471. The molecule has 0 spiro atoms. The van der Waals surface area contributed by atoms with E-state index in [1.165, 1.54) is 0 Å². The molecular weight excluding hydrogens is 284 g/mol. The van der Waals surface area contributed by atoms with Crippen LogP contribution < -0.4 is 10.1 Å². The van der Waals surface area contributed by atoms with E-state index < -0.39 is 0 Å². The third kappa shape index (κ3) is 3.41. The third-order valence-corrected chi connectivity index (χ3v) is 4.95. The number of pyridine rings is 1. The van der Waals surface area contributed by atoms with Crippen LogP contribution in [0.3, 0.4) is 0 Å². The van der Waals surface area contributed by atoms with Gasteiger partial charge in [-0.2, -0.15) is 0 Å². The molecule has 4 heteroatoms. The lowest BCUT2D eigenvalue weighted by Gasteiger charge is -2.29. The topological polar surface area (TPSA) is 34.2 Å². The van der Waals surface area contributed by atoms with Crippen molar-refractivity contribution in [1.82, 2.24) is 4.98 Å². The average molecular weight is 307 g/mol. The first-order chi connectivity index (χ1) is 10.2. The predicted octanol–water partition coefficient (Wildman–Crippen LogP) is 4.70. The molecule has 1 N–H and O–H groups in total. The van der Waals surface area contributed by atoms with Crippen molar-refractivity contribution in [2.45, 2.75) is 26.7 Å². The molecule has 1 aromatic heterocycles.